The van der Waals surface area contributed by atoms with Crippen molar-refractivity contribution in [2.45, 2.75) is 51.0 Å². The lowest BCUT2D eigenvalue weighted by atomic mass is 10.1. The van der Waals surface area contributed by atoms with E-state index < -0.39 is 22.0 Å². The second kappa shape index (κ2) is 8.29. The third-order valence-electron chi connectivity index (χ3n) is 3.46. The molecule has 124 valence electrons. The summed E-state index contributed by atoms with van der Waals surface area (Å²) < 4.78 is 31.8. The predicted molar refractivity (Wildman–Crippen MR) is 86.0 cm³/mol. The predicted octanol–water partition coefficient (Wildman–Crippen LogP) is 2.51. The van der Waals surface area contributed by atoms with Crippen molar-refractivity contribution < 1.29 is 17.9 Å². The molecule has 0 saturated heterocycles. The van der Waals surface area contributed by atoms with Gasteiger partial charge in [-0.15, -0.1) is 0 Å². The molecule has 0 spiro atoms. The summed E-state index contributed by atoms with van der Waals surface area (Å²) in [4.78, 5) is 11.8. The van der Waals surface area contributed by atoms with E-state index in [0.29, 0.717) is 0 Å². The van der Waals surface area contributed by atoms with Crippen molar-refractivity contribution >= 4 is 16.0 Å². The van der Waals surface area contributed by atoms with Crippen LogP contribution in [0.3, 0.4) is 0 Å². The number of methoxy groups -OCH3 is 1. The minimum absolute atomic E-state index is 0.155. The SMILES string of the molecule is CCCCc1ccc(S(=O)(=O)NC(C(=O)OC)C(C)C)cc1. The van der Waals surface area contributed by atoms with Crippen molar-refractivity contribution in [3.63, 3.8) is 0 Å². The van der Waals surface area contributed by atoms with Gasteiger partial charge in [0.05, 0.1) is 12.0 Å². The number of carbonyl (C=O) groups is 1. The maximum absolute atomic E-state index is 12.4. The second-order valence-electron chi connectivity index (χ2n) is 5.61. The van der Waals surface area contributed by atoms with Crippen molar-refractivity contribution in [2.24, 2.45) is 5.92 Å². The smallest absolute Gasteiger partial charge is 0.324 e. The van der Waals surface area contributed by atoms with E-state index in [-0.39, 0.29) is 10.8 Å². The van der Waals surface area contributed by atoms with Gasteiger partial charge in [-0.05, 0) is 36.5 Å². The van der Waals surface area contributed by atoms with E-state index in [1.807, 2.05) is 12.1 Å². The summed E-state index contributed by atoms with van der Waals surface area (Å²) in [7, 11) is -2.50. The fourth-order valence-corrected chi connectivity index (χ4v) is 3.37. The monoisotopic (exact) mass is 327 g/mol. The van der Waals surface area contributed by atoms with Crippen LogP contribution in [0.1, 0.15) is 39.2 Å². The van der Waals surface area contributed by atoms with Crippen LogP contribution in [0, 0.1) is 5.92 Å². The number of sulfonamides is 1. The zero-order valence-corrected chi connectivity index (χ0v) is 14.4. The van der Waals surface area contributed by atoms with E-state index in [0.717, 1.165) is 24.8 Å². The van der Waals surface area contributed by atoms with Gasteiger partial charge in [-0.3, -0.25) is 4.79 Å². The summed E-state index contributed by atoms with van der Waals surface area (Å²) in [5.74, 6) is -0.788. The average Bonchev–Trinajstić information content (AvgIpc) is 2.50. The molecule has 0 aliphatic carbocycles. The van der Waals surface area contributed by atoms with Crippen LogP contribution in [0.25, 0.3) is 0 Å². The van der Waals surface area contributed by atoms with Crippen LogP contribution in [0.5, 0.6) is 0 Å². The summed E-state index contributed by atoms with van der Waals surface area (Å²) in [5.41, 5.74) is 1.11. The number of ether oxygens (including phenoxy) is 1. The van der Waals surface area contributed by atoms with Crippen molar-refractivity contribution in [3.8, 4) is 0 Å². The average molecular weight is 327 g/mol. The molecule has 0 radical (unpaired) electrons. The Morgan fingerprint density at radius 1 is 1.23 bits per heavy atom. The quantitative estimate of drug-likeness (QED) is 0.745. The highest BCUT2D eigenvalue weighted by Crippen LogP contribution is 2.15. The van der Waals surface area contributed by atoms with Crippen LogP contribution in [0.15, 0.2) is 29.2 Å². The number of hydrogen-bond acceptors (Lipinski definition) is 4. The molecule has 0 aliphatic rings. The summed E-state index contributed by atoms with van der Waals surface area (Å²) in [5, 5.41) is 0. The Labute approximate surface area is 133 Å². The molecule has 0 fully saturated rings. The Morgan fingerprint density at radius 2 is 1.82 bits per heavy atom. The van der Waals surface area contributed by atoms with Crippen LogP contribution in [-0.2, 0) is 26.0 Å². The lowest BCUT2D eigenvalue weighted by molar-refractivity contribution is -0.143. The standard InChI is InChI=1S/C16H25NO4S/c1-5-6-7-13-8-10-14(11-9-13)22(19,20)17-15(12(2)3)16(18)21-4/h8-12,15,17H,5-7H2,1-4H3. The van der Waals surface area contributed by atoms with Gasteiger partial charge in [0, 0.05) is 0 Å². The molecule has 0 heterocycles. The Kier molecular flexibility index (Phi) is 7.03. The van der Waals surface area contributed by atoms with Crippen molar-refractivity contribution in [1.29, 1.82) is 0 Å². The van der Waals surface area contributed by atoms with Crippen LogP contribution in [0.2, 0.25) is 0 Å². The van der Waals surface area contributed by atoms with E-state index in [1.54, 1.807) is 26.0 Å². The van der Waals surface area contributed by atoms with Gasteiger partial charge in [0.1, 0.15) is 6.04 Å². The van der Waals surface area contributed by atoms with Crippen LogP contribution in [-0.4, -0.2) is 27.5 Å². The minimum Gasteiger partial charge on any atom is -0.468 e. The lowest BCUT2D eigenvalue weighted by Crippen LogP contribution is -2.44. The number of esters is 1. The first-order chi connectivity index (χ1) is 10.3. The molecule has 1 atom stereocenters. The number of hydrogen-bond donors (Lipinski definition) is 1. The maximum atomic E-state index is 12.4. The highest BCUT2D eigenvalue weighted by molar-refractivity contribution is 7.89. The van der Waals surface area contributed by atoms with Gasteiger partial charge in [-0.2, -0.15) is 4.72 Å². The number of aryl methyl sites for hydroxylation is 1. The summed E-state index contributed by atoms with van der Waals surface area (Å²) in [6.45, 7) is 5.64. The number of benzene rings is 1. The van der Waals surface area contributed by atoms with Gasteiger partial charge in [0.25, 0.3) is 0 Å². The summed E-state index contributed by atoms with van der Waals surface area (Å²) in [6.07, 6.45) is 3.10. The van der Waals surface area contributed by atoms with Gasteiger partial charge in [0.15, 0.2) is 0 Å². The number of carbonyl (C=O) groups excluding carboxylic acids is 1. The van der Waals surface area contributed by atoms with Crippen LogP contribution >= 0.6 is 0 Å². The van der Waals surface area contributed by atoms with Gasteiger partial charge < -0.3 is 4.74 Å². The van der Waals surface area contributed by atoms with Gasteiger partial charge in [-0.1, -0.05) is 39.3 Å². The van der Waals surface area contributed by atoms with Gasteiger partial charge in [-0.25, -0.2) is 8.42 Å². The first kappa shape index (κ1) is 18.6. The third-order valence-corrected chi connectivity index (χ3v) is 4.91. The molecule has 0 amide bonds. The largest absolute Gasteiger partial charge is 0.468 e. The molecule has 1 aromatic rings. The van der Waals surface area contributed by atoms with E-state index in [2.05, 4.69) is 16.4 Å². The van der Waals surface area contributed by atoms with E-state index in [9.17, 15) is 13.2 Å². The molecular formula is C16H25NO4S. The molecule has 6 heteroatoms. The van der Waals surface area contributed by atoms with Crippen LogP contribution < -0.4 is 4.72 Å². The summed E-state index contributed by atoms with van der Waals surface area (Å²) in [6, 6.07) is 5.87. The zero-order valence-electron chi connectivity index (χ0n) is 13.6. The van der Waals surface area contributed by atoms with Gasteiger partial charge >= 0.3 is 5.97 Å². The highest BCUT2D eigenvalue weighted by Gasteiger charge is 2.28. The Morgan fingerprint density at radius 3 is 2.27 bits per heavy atom. The Hall–Kier alpha value is -1.40. The molecule has 5 nitrogen and oxygen atoms in total. The Bertz CT molecular complexity index is 579. The molecule has 1 rings (SSSR count). The van der Waals surface area contributed by atoms with Crippen molar-refractivity contribution in [2.75, 3.05) is 7.11 Å². The Balaban J connectivity index is 2.91. The molecule has 1 aromatic carbocycles. The molecular weight excluding hydrogens is 302 g/mol. The second-order valence-corrected chi connectivity index (χ2v) is 7.33. The topological polar surface area (TPSA) is 72.5 Å². The van der Waals surface area contributed by atoms with E-state index in [1.165, 1.54) is 7.11 Å². The molecule has 22 heavy (non-hydrogen) atoms. The molecule has 0 aromatic heterocycles. The number of nitrogens with one attached hydrogen (secondary N) is 1. The zero-order chi connectivity index (χ0) is 16.8. The maximum Gasteiger partial charge on any atom is 0.324 e. The lowest BCUT2D eigenvalue weighted by Gasteiger charge is -2.19. The van der Waals surface area contributed by atoms with E-state index >= 15 is 0 Å². The van der Waals surface area contributed by atoms with Crippen molar-refractivity contribution in [1.82, 2.24) is 4.72 Å². The summed E-state index contributed by atoms with van der Waals surface area (Å²) >= 11 is 0. The number of rotatable bonds is 8. The number of unbranched alkanes of at least 4 members (excludes halogenated alkanes) is 1. The molecule has 0 aliphatic heterocycles. The highest BCUT2D eigenvalue weighted by atomic mass is 32.2. The molecule has 1 unspecified atom stereocenters. The minimum atomic E-state index is -3.75. The molecule has 1 N–H and O–H groups in total. The van der Waals surface area contributed by atoms with Crippen LogP contribution in [0.4, 0.5) is 0 Å². The first-order valence-electron chi connectivity index (χ1n) is 7.51. The van der Waals surface area contributed by atoms with E-state index in [4.69, 9.17) is 0 Å². The normalized spacial score (nSPS) is 13.1. The fraction of sp³-hybridized carbons (Fsp3) is 0.562. The van der Waals surface area contributed by atoms with Crippen molar-refractivity contribution in [3.05, 3.63) is 29.8 Å². The van der Waals surface area contributed by atoms with Gasteiger partial charge in [0.2, 0.25) is 10.0 Å². The fourth-order valence-electron chi connectivity index (χ4n) is 2.03. The first-order valence-corrected chi connectivity index (χ1v) is 8.99. The molecule has 0 bridgehead atoms. The third kappa shape index (κ3) is 5.10. The molecule has 0 saturated carbocycles.